The first-order chi connectivity index (χ1) is 7.93. The van der Waals surface area contributed by atoms with E-state index < -0.39 is 0 Å². The molecule has 0 saturated heterocycles. The van der Waals surface area contributed by atoms with Crippen molar-refractivity contribution in [3.05, 3.63) is 24.2 Å². The van der Waals surface area contributed by atoms with Gasteiger partial charge in [-0.3, -0.25) is 0 Å². The van der Waals surface area contributed by atoms with Crippen molar-refractivity contribution in [2.45, 2.75) is 38.5 Å². The molecule has 16 heavy (non-hydrogen) atoms. The third kappa shape index (κ3) is 6.64. The van der Waals surface area contributed by atoms with Crippen molar-refractivity contribution in [1.29, 1.82) is 0 Å². The van der Waals surface area contributed by atoms with Gasteiger partial charge in [-0.1, -0.05) is 19.3 Å². The molecule has 3 heteroatoms. The zero-order valence-corrected chi connectivity index (χ0v) is 10.1. The molecule has 1 heterocycles. The Kier molecular flexibility index (Phi) is 7.82. The van der Waals surface area contributed by atoms with Gasteiger partial charge in [-0.15, -0.1) is 0 Å². The Morgan fingerprint density at radius 1 is 1.06 bits per heavy atom. The van der Waals surface area contributed by atoms with E-state index in [0.29, 0.717) is 0 Å². The fraction of sp³-hybridized carbons (Fsp3) is 0.692. The van der Waals surface area contributed by atoms with Crippen LogP contribution >= 0.6 is 0 Å². The lowest BCUT2D eigenvalue weighted by atomic mass is 10.1. The van der Waals surface area contributed by atoms with E-state index in [4.69, 9.17) is 10.2 Å². The number of nitrogens with one attached hydrogen (secondary N) is 1. The molecule has 0 spiro atoms. The molecule has 0 saturated carbocycles. The van der Waals surface area contributed by atoms with Crippen molar-refractivity contribution < 1.29 is 4.42 Å². The highest BCUT2D eigenvalue weighted by molar-refractivity contribution is 4.98. The molecule has 3 nitrogen and oxygen atoms in total. The highest BCUT2D eigenvalue weighted by Gasteiger charge is 1.94. The Morgan fingerprint density at radius 3 is 2.62 bits per heavy atom. The van der Waals surface area contributed by atoms with Gasteiger partial charge in [0, 0.05) is 13.0 Å². The van der Waals surface area contributed by atoms with Crippen LogP contribution in [0.25, 0.3) is 0 Å². The molecule has 0 aliphatic rings. The monoisotopic (exact) mass is 224 g/mol. The number of furan rings is 1. The van der Waals surface area contributed by atoms with Crippen LogP contribution in [0, 0.1) is 0 Å². The fourth-order valence-corrected chi connectivity index (χ4v) is 1.72. The first-order valence-electron chi connectivity index (χ1n) is 6.36. The Labute approximate surface area is 98.4 Å². The van der Waals surface area contributed by atoms with E-state index in [-0.39, 0.29) is 0 Å². The van der Waals surface area contributed by atoms with Crippen LogP contribution in [0.2, 0.25) is 0 Å². The maximum atomic E-state index is 5.43. The number of rotatable bonds is 10. The van der Waals surface area contributed by atoms with Crippen molar-refractivity contribution in [1.82, 2.24) is 5.32 Å². The summed E-state index contributed by atoms with van der Waals surface area (Å²) in [6.07, 6.45) is 9.06. The number of hydrogen-bond acceptors (Lipinski definition) is 3. The normalized spacial score (nSPS) is 10.8. The summed E-state index contributed by atoms with van der Waals surface area (Å²) in [5.74, 6) is 1.07. The Hall–Kier alpha value is -0.800. The number of nitrogens with two attached hydrogens (primary N) is 1. The van der Waals surface area contributed by atoms with Crippen LogP contribution in [0.1, 0.15) is 37.9 Å². The first kappa shape index (κ1) is 13.3. The van der Waals surface area contributed by atoms with Crippen LogP contribution < -0.4 is 11.1 Å². The summed E-state index contributed by atoms with van der Waals surface area (Å²) in [4.78, 5) is 0. The van der Waals surface area contributed by atoms with E-state index in [1.54, 1.807) is 6.26 Å². The lowest BCUT2D eigenvalue weighted by Gasteiger charge is -2.03. The summed E-state index contributed by atoms with van der Waals surface area (Å²) in [6.45, 7) is 2.96. The largest absolute Gasteiger partial charge is 0.469 e. The minimum absolute atomic E-state index is 0.835. The standard InChI is InChI=1S/C13H24N2O/c14-9-4-2-1-3-5-10-15-11-8-13-7-6-12-16-13/h6-7,12,15H,1-5,8-11,14H2. The Balaban J connectivity index is 1.78. The molecule has 3 N–H and O–H groups in total. The van der Waals surface area contributed by atoms with Gasteiger partial charge in [0.1, 0.15) is 5.76 Å². The molecule has 1 aromatic heterocycles. The van der Waals surface area contributed by atoms with Crippen molar-refractivity contribution >= 4 is 0 Å². The van der Waals surface area contributed by atoms with Crippen LogP contribution in [0.5, 0.6) is 0 Å². The van der Waals surface area contributed by atoms with E-state index in [0.717, 1.165) is 31.8 Å². The van der Waals surface area contributed by atoms with Gasteiger partial charge in [0.05, 0.1) is 6.26 Å². The molecule has 0 atom stereocenters. The van der Waals surface area contributed by atoms with E-state index in [2.05, 4.69) is 5.32 Å². The second-order valence-electron chi connectivity index (χ2n) is 4.14. The molecule has 0 aliphatic heterocycles. The molecule has 0 radical (unpaired) electrons. The minimum atomic E-state index is 0.835. The Morgan fingerprint density at radius 2 is 1.88 bits per heavy atom. The fourth-order valence-electron chi connectivity index (χ4n) is 1.72. The highest BCUT2D eigenvalue weighted by atomic mass is 16.3. The molecule has 0 aliphatic carbocycles. The predicted octanol–water partition coefficient (Wildman–Crippen LogP) is 2.32. The van der Waals surface area contributed by atoms with Crippen LogP contribution in [-0.4, -0.2) is 19.6 Å². The van der Waals surface area contributed by atoms with Gasteiger partial charge in [-0.25, -0.2) is 0 Å². The molecule has 0 bridgehead atoms. The number of unbranched alkanes of at least 4 members (excludes halogenated alkanes) is 4. The average Bonchev–Trinajstić information content (AvgIpc) is 2.80. The molecule has 92 valence electrons. The molecule has 0 aromatic carbocycles. The molecule has 0 fully saturated rings. The smallest absolute Gasteiger partial charge is 0.105 e. The number of hydrogen-bond donors (Lipinski definition) is 2. The summed E-state index contributed by atoms with van der Waals surface area (Å²) in [5.41, 5.74) is 5.43. The highest BCUT2D eigenvalue weighted by Crippen LogP contribution is 2.02. The SMILES string of the molecule is NCCCCCCCNCCc1ccco1. The summed E-state index contributed by atoms with van der Waals surface area (Å²) >= 11 is 0. The third-order valence-corrected chi connectivity index (χ3v) is 2.69. The summed E-state index contributed by atoms with van der Waals surface area (Å²) < 4.78 is 5.25. The van der Waals surface area contributed by atoms with Crippen LogP contribution in [0.3, 0.4) is 0 Å². The van der Waals surface area contributed by atoms with Gasteiger partial charge >= 0.3 is 0 Å². The van der Waals surface area contributed by atoms with Crippen LogP contribution in [0.15, 0.2) is 22.8 Å². The lowest BCUT2D eigenvalue weighted by Crippen LogP contribution is -2.18. The van der Waals surface area contributed by atoms with Crippen LogP contribution in [0.4, 0.5) is 0 Å². The van der Waals surface area contributed by atoms with E-state index >= 15 is 0 Å². The topological polar surface area (TPSA) is 51.2 Å². The summed E-state index contributed by atoms with van der Waals surface area (Å²) in [5, 5.41) is 3.43. The van der Waals surface area contributed by atoms with Gasteiger partial charge in [-0.05, 0) is 38.1 Å². The predicted molar refractivity (Wildman–Crippen MR) is 67.4 cm³/mol. The van der Waals surface area contributed by atoms with E-state index in [1.165, 1.54) is 32.1 Å². The molecule has 0 amide bonds. The lowest BCUT2D eigenvalue weighted by molar-refractivity contribution is 0.495. The molecule has 1 aromatic rings. The van der Waals surface area contributed by atoms with Crippen LogP contribution in [-0.2, 0) is 6.42 Å². The minimum Gasteiger partial charge on any atom is -0.469 e. The molecule has 0 unspecified atom stereocenters. The zero-order valence-electron chi connectivity index (χ0n) is 10.1. The summed E-state index contributed by atoms with van der Waals surface area (Å²) in [6, 6.07) is 3.96. The maximum absolute atomic E-state index is 5.43. The second kappa shape index (κ2) is 9.43. The molecule has 1 rings (SSSR count). The van der Waals surface area contributed by atoms with E-state index in [9.17, 15) is 0 Å². The van der Waals surface area contributed by atoms with E-state index in [1.807, 2.05) is 12.1 Å². The summed E-state index contributed by atoms with van der Waals surface area (Å²) in [7, 11) is 0. The molecular weight excluding hydrogens is 200 g/mol. The molecular formula is C13H24N2O. The Bertz CT molecular complexity index is 234. The van der Waals surface area contributed by atoms with Gasteiger partial charge < -0.3 is 15.5 Å². The first-order valence-corrected chi connectivity index (χ1v) is 6.36. The quantitative estimate of drug-likeness (QED) is 0.600. The van der Waals surface area contributed by atoms with Crippen molar-refractivity contribution in [2.75, 3.05) is 19.6 Å². The second-order valence-corrected chi connectivity index (χ2v) is 4.14. The zero-order chi connectivity index (χ0) is 11.5. The van der Waals surface area contributed by atoms with Gasteiger partial charge in [0.25, 0.3) is 0 Å². The third-order valence-electron chi connectivity index (χ3n) is 2.69. The average molecular weight is 224 g/mol. The van der Waals surface area contributed by atoms with Crippen molar-refractivity contribution in [3.63, 3.8) is 0 Å². The maximum Gasteiger partial charge on any atom is 0.105 e. The van der Waals surface area contributed by atoms with Gasteiger partial charge in [0.2, 0.25) is 0 Å². The van der Waals surface area contributed by atoms with Gasteiger partial charge in [-0.2, -0.15) is 0 Å². The van der Waals surface area contributed by atoms with Crippen molar-refractivity contribution in [3.8, 4) is 0 Å². The van der Waals surface area contributed by atoms with Crippen molar-refractivity contribution in [2.24, 2.45) is 5.73 Å². The van der Waals surface area contributed by atoms with Gasteiger partial charge in [0.15, 0.2) is 0 Å².